The number of morpholine rings is 1. The normalized spacial score (nSPS) is 19.4. The fourth-order valence-electron chi connectivity index (χ4n) is 6.02. The van der Waals surface area contributed by atoms with Crippen LogP contribution in [0.3, 0.4) is 0 Å². The number of hydrogen-bond donors (Lipinski definition) is 1. The van der Waals surface area contributed by atoms with Crippen molar-refractivity contribution in [3.8, 4) is 5.75 Å². The number of hydrogen-bond acceptors (Lipinski definition) is 7. The molecule has 1 amide bonds. The summed E-state index contributed by atoms with van der Waals surface area (Å²) in [6.07, 6.45) is 1.79. The van der Waals surface area contributed by atoms with Gasteiger partial charge in [0.2, 0.25) is 5.91 Å². The second-order valence-electron chi connectivity index (χ2n) is 13.0. The maximum atomic E-state index is 15.7. The van der Waals surface area contributed by atoms with Gasteiger partial charge < -0.3 is 19.6 Å². The second kappa shape index (κ2) is 13.9. The van der Waals surface area contributed by atoms with Crippen molar-refractivity contribution in [3.63, 3.8) is 0 Å². The van der Waals surface area contributed by atoms with Gasteiger partial charge in [-0.2, -0.15) is 0 Å². The van der Waals surface area contributed by atoms with Crippen molar-refractivity contribution in [1.29, 1.82) is 0 Å². The molecule has 1 fully saturated rings. The van der Waals surface area contributed by atoms with Crippen LogP contribution >= 0.6 is 0 Å². The zero-order chi connectivity index (χ0) is 32.2. The lowest BCUT2D eigenvalue weighted by Crippen LogP contribution is -2.67. The molecule has 0 aromatic heterocycles. The molecule has 226 valence electrons. The first-order chi connectivity index (χ1) is 20.1. The molecule has 2 aromatic rings. The van der Waals surface area contributed by atoms with Crippen molar-refractivity contribution < 1.29 is 28.2 Å². The Morgan fingerprint density at radius 1 is 1.09 bits per heavy atom. The molecule has 2 aromatic carbocycles. The number of carbonyl (C=O) groups is 3. The maximum absolute atomic E-state index is 15.7. The Labute approximate surface area is 259 Å². The third-order valence-corrected chi connectivity index (χ3v) is 9.68. The summed E-state index contributed by atoms with van der Waals surface area (Å²) in [6.45, 7) is 6.11. The van der Waals surface area contributed by atoms with Gasteiger partial charge >= 0.3 is 0 Å². The van der Waals surface area contributed by atoms with Crippen LogP contribution in [-0.2, 0) is 34.0 Å². The minimum Gasteiger partial charge on any atom is -0.488 e. The lowest BCUT2D eigenvalue weighted by atomic mass is 9.23. The topological polar surface area (TPSA) is 88.2 Å². The highest BCUT2D eigenvalue weighted by atomic mass is 19.1. The van der Waals surface area contributed by atoms with E-state index in [1.54, 1.807) is 52.3 Å². The molecule has 0 aliphatic carbocycles. The van der Waals surface area contributed by atoms with E-state index in [1.807, 2.05) is 56.2 Å². The first kappa shape index (κ1) is 34.7. The lowest BCUT2D eigenvalue weighted by molar-refractivity contribution is -0.129. The number of amides is 1. The molecule has 0 spiro atoms. The highest BCUT2D eigenvalue weighted by Gasteiger charge is 2.55. The summed E-state index contributed by atoms with van der Waals surface area (Å²) in [4.78, 5) is 41.8. The average molecular weight is 587 g/mol. The summed E-state index contributed by atoms with van der Waals surface area (Å²) >= 11 is 0. The smallest absolute Gasteiger partial charge is 0.230 e. The van der Waals surface area contributed by atoms with Crippen molar-refractivity contribution in [2.24, 2.45) is 0 Å². The average Bonchev–Trinajstić information content (AvgIpc) is 2.96. The number of ether oxygens (including phenoxy) is 2. The number of likely N-dealkylation sites (N-methyl/N-ethyl adjacent to an activating group) is 2. The molecular formula is C29H43B5FN3O5. The van der Waals surface area contributed by atoms with Gasteiger partial charge in [0.05, 0.1) is 17.6 Å². The summed E-state index contributed by atoms with van der Waals surface area (Å²) in [5.74, 6) is -0.155. The molecule has 1 saturated heterocycles. The van der Waals surface area contributed by atoms with E-state index < -0.39 is 15.9 Å². The van der Waals surface area contributed by atoms with Crippen LogP contribution in [0.1, 0.15) is 40.9 Å². The molecule has 1 aliphatic rings. The van der Waals surface area contributed by atoms with E-state index in [2.05, 4.69) is 10.2 Å². The monoisotopic (exact) mass is 587 g/mol. The highest BCUT2D eigenvalue weighted by Crippen LogP contribution is 2.50. The number of nitrogens with zero attached hydrogens (tertiary/aromatic N) is 2. The van der Waals surface area contributed by atoms with Crippen molar-refractivity contribution in [1.82, 2.24) is 15.1 Å². The Morgan fingerprint density at radius 2 is 1.70 bits per heavy atom. The standard InChI is InChI=1S/C29H43B5FN3O5/c1-18-11-38(12-19(2)43-18)13-20-7-5-9-22(25(20)35)16-42-24-10-6-8-21(15-39)23(24)14-37(4)28(32,26(41)36-3)29(33,34)27(30,31)17-40/h5-10,15,17-19H,11-14,16,30-34H2,1-4H3,(H,36,41). The second-order valence-corrected chi connectivity index (χ2v) is 13.0. The van der Waals surface area contributed by atoms with Crippen LogP contribution in [0.25, 0.3) is 0 Å². The molecule has 0 bridgehead atoms. The molecule has 3 rings (SSSR count). The van der Waals surface area contributed by atoms with Crippen LogP contribution in [0.2, 0.25) is 10.4 Å². The van der Waals surface area contributed by atoms with Gasteiger partial charge in [-0.3, -0.25) is 19.4 Å². The van der Waals surface area contributed by atoms with E-state index in [4.69, 9.17) is 9.47 Å². The minimum absolute atomic E-state index is 0.0367. The predicted octanol–water partition coefficient (Wildman–Crippen LogP) is -1.70. The zero-order valence-electron chi connectivity index (χ0n) is 27.1. The molecule has 14 heteroatoms. The van der Waals surface area contributed by atoms with Gasteiger partial charge in [0, 0.05) is 55.5 Å². The van der Waals surface area contributed by atoms with Crippen LogP contribution in [-0.4, -0.2) is 112 Å². The van der Waals surface area contributed by atoms with Gasteiger partial charge in [-0.05, 0) is 32.2 Å². The molecule has 1 heterocycles. The summed E-state index contributed by atoms with van der Waals surface area (Å²) in [6, 6.07) is 10.5. The molecule has 0 radical (unpaired) electrons. The van der Waals surface area contributed by atoms with Crippen molar-refractivity contribution in [2.75, 3.05) is 27.2 Å². The van der Waals surface area contributed by atoms with E-state index in [0.29, 0.717) is 34.5 Å². The first-order valence-corrected chi connectivity index (χ1v) is 14.9. The van der Waals surface area contributed by atoms with Crippen LogP contribution in [0, 0.1) is 5.82 Å². The van der Waals surface area contributed by atoms with E-state index in [-0.39, 0.29) is 37.1 Å². The fourth-order valence-corrected chi connectivity index (χ4v) is 6.02. The number of benzene rings is 2. The van der Waals surface area contributed by atoms with Crippen molar-refractivity contribution in [3.05, 3.63) is 64.5 Å². The van der Waals surface area contributed by atoms with Crippen molar-refractivity contribution in [2.45, 2.75) is 61.6 Å². The Hall–Kier alpha value is -2.82. The van der Waals surface area contributed by atoms with Gasteiger partial charge in [-0.25, -0.2) is 4.39 Å². The third kappa shape index (κ3) is 7.13. The van der Waals surface area contributed by atoms with E-state index in [1.165, 1.54) is 0 Å². The van der Waals surface area contributed by atoms with Gasteiger partial charge in [0.25, 0.3) is 0 Å². The van der Waals surface area contributed by atoms with E-state index in [0.717, 1.165) is 25.7 Å². The maximum Gasteiger partial charge on any atom is 0.230 e. The molecule has 3 unspecified atom stereocenters. The quantitative estimate of drug-likeness (QED) is 0.221. The summed E-state index contributed by atoms with van der Waals surface area (Å²) in [5.41, 5.74) is 0.814. The molecule has 43 heavy (non-hydrogen) atoms. The van der Waals surface area contributed by atoms with E-state index in [9.17, 15) is 14.4 Å². The Kier molecular flexibility index (Phi) is 11.2. The predicted molar refractivity (Wildman–Crippen MR) is 180 cm³/mol. The Balaban J connectivity index is 1.90. The fraction of sp³-hybridized carbons (Fsp3) is 0.483. The van der Waals surface area contributed by atoms with Crippen LogP contribution in [0.15, 0.2) is 36.4 Å². The van der Waals surface area contributed by atoms with Crippen LogP contribution in [0.4, 0.5) is 4.39 Å². The molecular weight excluding hydrogens is 543 g/mol. The molecule has 1 aliphatic heterocycles. The lowest BCUT2D eigenvalue weighted by Gasteiger charge is -2.55. The Bertz CT molecular complexity index is 1320. The summed E-state index contributed by atoms with van der Waals surface area (Å²) in [7, 11) is 12.6. The molecule has 1 N–H and O–H groups in total. The molecule has 3 atom stereocenters. The van der Waals surface area contributed by atoms with E-state index >= 15 is 4.39 Å². The largest absolute Gasteiger partial charge is 0.488 e. The zero-order valence-corrected chi connectivity index (χ0v) is 27.1. The van der Waals surface area contributed by atoms with Gasteiger partial charge in [0.15, 0.2) is 6.29 Å². The Morgan fingerprint density at radius 3 is 2.28 bits per heavy atom. The molecule has 8 nitrogen and oxygen atoms in total. The number of nitrogens with one attached hydrogen (secondary N) is 1. The number of carbonyl (C=O) groups excluding carboxylic acids is 3. The van der Waals surface area contributed by atoms with Gasteiger partial charge in [0.1, 0.15) is 63.7 Å². The third-order valence-electron chi connectivity index (χ3n) is 9.68. The van der Waals surface area contributed by atoms with Gasteiger partial charge in [-0.15, -0.1) is 0 Å². The summed E-state index contributed by atoms with van der Waals surface area (Å²) < 4.78 is 27.7. The molecule has 0 saturated carbocycles. The van der Waals surface area contributed by atoms with Crippen LogP contribution in [0.5, 0.6) is 5.75 Å². The number of aldehydes is 2. The SMILES string of the molecule is BC(B)(C=O)C(B)(B)C(B)(C(=O)NC)N(C)Cc1c(C=O)cccc1OCc1cccc(CN2CC(C)OC(C)C2)c1F. The first-order valence-electron chi connectivity index (χ1n) is 14.9. The minimum atomic E-state index is -1.16. The number of rotatable bonds is 13. The number of halogens is 1. The highest BCUT2D eigenvalue weighted by molar-refractivity contribution is 6.63. The summed E-state index contributed by atoms with van der Waals surface area (Å²) in [5, 5.41) is 1.08. The van der Waals surface area contributed by atoms with Gasteiger partial charge in [-0.1, -0.05) is 35.5 Å². The van der Waals surface area contributed by atoms with Crippen LogP contribution < -0.4 is 10.1 Å². The van der Waals surface area contributed by atoms with Crippen molar-refractivity contribution >= 4 is 57.7 Å².